The molecule has 47 heavy (non-hydrogen) atoms. The molecule has 248 valence electrons. The lowest BCUT2D eigenvalue weighted by Crippen LogP contribution is -2.27. The molecule has 0 amide bonds. The van der Waals surface area contributed by atoms with E-state index in [-0.39, 0.29) is 0 Å². The van der Waals surface area contributed by atoms with Crippen molar-refractivity contribution in [1.29, 1.82) is 0 Å². The number of methoxy groups -OCH3 is 5. The van der Waals surface area contributed by atoms with Crippen LogP contribution in [0, 0.1) is 0 Å². The third kappa shape index (κ3) is 7.43. The monoisotopic (exact) mass is 663 g/mol. The third-order valence-electron chi connectivity index (χ3n) is 6.81. The molecule has 13 nitrogen and oxygen atoms in total. The zero-order valence-electron chi connectivity index (χ0n) is 27.4. The first-order valence-electron chi connectivity index (χ1n) is 14.5. The molecule has 0 spiro atoms. The van der Waals surface area contributed by atoms with Crippen LogP contribution in [0.15, 0.2) is 70.2 Å². The van der Waals surface area contributed by atoms with Gasteiger partial charge in [-0.05, 0) is 57.0 Å². The molecule has 1 N–H and O–H groups in total. The molecule has 0 unspecified atom stereocenters. The molecule has 5 rings (SSSR count). The molecule has 14 heteroatoms. The predicted molar refractivity (Wildman–Crippen MR) is 179 cm³/mol. The fourth-order valence-electron chi connectivity index (χ4n) is 4.68. The third-order valence-corrected chi connectivity index (χ3v) is 7.92. The number of benzene rings is 3. The molecule has 0 aliphatic rings. The normalized spacial score (nSPS) is 11.2. The van der Waals surface area contributed by atoms with Crippen molar-refractivity contribution in [3.63, 3.8) is 0 Å². The van der Waals surface area contributed by atoms with Crippen LogP contribution in [0.5, 0.6) is 28.7 Å². The minimum atomic E-state index is -0.652. The second-order valence-corrected chi connectivity index (χ2v) is 12.1. The Labute approximate surface area is 276 Å². The quantitative estimate of drug-likeness (QED) is 0.134. The molecular weight excluding hydrogens is 626 g/mol. The van der Waals surface area contributed by atoms with Crippen LogP contribution in [0.2, 0.25) is 0 Å². The molecule has 0 bridgehead atoms. The van der Waals surface area contributed by atoms with Crippen molar-refractivity contribution in [3.8, 4) is 28.7 Å². The van der Waals surface area contributed by atoms with Crippen molar-refractivity contribution in [2.45, 2.75) is 37.8 Å². The van der Waals surface area contributed by atoms with E-state index >= 15 is 0 Å². The minimum absolute atomic E-state index is 0.339. The molecule has 0 aliphatic carbocycles. The van der Waals surface area contributed by atoms with Crippen molar-refractivity contribution in [3.05, 3.63) is 66.4 Å². The summed E-state index contributed by atoms with van der Waals surface area (Å²) < 4.78 is 42.7. The van der Waals surface area contributed by atoms with E-state index in [0.29, 0.717) is 63.6 Å². The van der Waals surface area contributed by atoms with Gasteiger partial charge in [0.1, 0.15) is 44.6 Å². The van der Waals surface area contributed by atoms with Crippen LogP contribution in [0.1, 0.15) is 26.3 Å². The topological polar surface area (TPSA) is 132 Å². The molecule has 0 fully saturated rings. The highest BCUT2D eigenvalue weighted by Crippen LogP contribution is 2.46. The highest BCUT2D eigenvalue weighted by molar-refractivity contribution is 8.00. The largest absolute Gasteiger partial charge is 0.497 e. The predicted octanol–water partition coefficient (Wildman–Crippen LogP) is 7.31. The van der Waals surface area contributed by atoms with Gasteiger partial charge in [0.05, 0.1) is 42.1 Å². The summed E-state index contributed by atoms with van der Waals surface area (Å²) in [6, 6.07) is 16.5. The summed E-state index contributed by atoms with van der Waals surface area (Å²) in [4.78, 5) is 13.2. The van der Waals surface area contributed by atoms with Gasteiger partial charge in [-0.2, -0.15) is 4.68 Å². The molecule has 0 saturated carbocycles. The number of aromatic nitrogens is 3. The molecule has 5 aromatic rings. The number of anilines is 3. The van der Waals surface area contributed by atoms with Crippen molar-refractivity contribution < 1.29 is 37.7 Å². The number of nitrogens with one attached hydrogen (secondary N) is 1. The number of fused-ring (bicyclic) bond motifs is 1. The first-order valence-corrected chi connectivity index (χ1v) is 15.3. The molecule has 0 atom stereocenters. The maximum absolute atomic E-state index is 12.5. The van der Waals surface area contributed by atoms with E-state index in [2.05, 4.69) is 15.6 Å². The molecule has 0 saturated heterocycles. The Morgan fingerprint density at radius 3 is 2.23 bits per heavy atom. The van der Waals surface area contributed by atoms with Crippen molar-refractivity contribution in [2.24, 2.45) is 0 Å². The van der Waals surface area contributed by atoms with Crippen molar-refractivity contribution in [2.75, 3.05) is 45.2 Å². The fraction of sp³-hybridized carbons (Fsp3) is 0.303. The van der Waals surface area contributed by atoms with Crippen LogP contribution in [-0.2, 0) is 11.3 Å². The Kier molecular flexibility index (Phi) is 9.89. The Morgan fingerprint density at radius 2 is 1.60 bits per heavy atom. The first kappa shape index (κ1) is 33.1. The van der Waals surface area contributed by atoms with Gasteiger partial charge in [0.15, 0.2) is 17.2 Å². The Bertz CT molecular complexity index is 1840. The van der Waals surface area contributed by atoms with Crippen molar-refractivity contribution >= 4 is 46.3 Å². The molecule has 3 aromatic carbocycles. The highest BCUT2D eigenvalue weighted by atomic mass is 32.2. The van der Waals surface area contributed by atoms with Gasteiger partial charge in [-0.15, -0.1) is 5.10 Å². The number of ether oxygens (including phenoxy) is 6. The number of hydrogen-bond donors (Lipinski definition) is 1. The number of hydrogen-bond acceptors (Lipinski definition) is 13. The zero-order chi connectivity index (χ0) is 33.7. The molecular formula is C33H37N5O8S. The van der Waals surface area contributed by atoms with E-state index in [1.54, 1.807) is 74.5 Å². The van der Waals surface area contributed by atoms with E-state index in [1.165, 1.54) is 18.1 Å². The van der Waals surface area contributed by atoms with Gasteiger partial charge in [0.25, 0.3) is 0 Å². The lowest BCUT2D eigenvalue weighted by molar-refractivity contribution is 0.0515. The number of rotatable bonds is 12. The number of carbonyl (C=O) groups is 1. The van der Waals surface area contributed by atoms with Gasteiger partial charge in [-0.25, -0.2) is 4.79 Å². The van der Waals surface area contributed by atoms with Gasteiger partial charge in [0.2, 0.25) is 0 Å². The van der Waals surface area contributed by atoms with Crippen LogP contribution in [0.3, 0.4) is 0 Å². The standard InChI is InChI=1S/C33H37N5O8S/c1-33(2,3)45-32(39)37-15-14-28(35-37)34-21-16-26(44-8)29-27(17-21)46-36-31(29)38(19-20-12-13-22(40-4)18-25(20)43-7)47-30-23(41-5)10-9-11-24(30)42-6/h9-18H,19H2,1-8H3,(H,34,35). The van der Waals surface area contributed by atoms with Gasteiger partial charge < -0.3 is 38.3 Å². The van der Waals surface area contributed by atoms with Crippen molar-refractivity contribution in [1.82, 2.24) is 14.9 Å². The molecule has 2 aromatic heterocycles. The molecule has 2 heterocycles. The van der Waals surface area contributed by atoms with E-state index in [4.69, 9.17) is 32.9 Å². The highest BCUT2D eigenvalue weighted by Gasteiger charge is 2.26. The zero-order valence-corrected chi connectivity index (χ0v) is 28.3. The Hall–Kier alpha value is -5.24. The summed E-state index contributed by atoms with van der Waals surface area (Å²) in [5.74, 6) is 3.96. The average Bonchev–Trinajstić information content (AvgIpc) is 3.71. The smallest absolute Gasteiger partial charge is 0.435 e. The SMILES string of the molecule is COc1ccc(CN(Sc2c(OC)cccc2OC)c2noc3cc(Nc4ccn(C(=O)OC(C)(C)C)n4)cc(OC)c23)c(OC)c1. The number of carbonyl (C=O) groups excluding carboxylic acids is 1. The van der Waals surface area contributed by atoms with E-state index in [9.17, 15) is 4.79 Å². The summed E-state index contributed by atoms with van der Waals surface area (Å²) in [5.41, 5.74) is 1.27. The average molecular weight is 664 g/mol. The van der Waals surface area contributed by atoms with Gasteiger partial charge >= 0.3 is 6.09 Å². The maximum Gasteiger partial charge on any atom is 0.435 e. The Morgan fingerprint density at radius 1 is 0.894 bits per heavy atom. The summed E-state index contributed by atoms with van der Waals surface area (Å²) in [6.07, 6.45) is 0.934. The maximum atomic E-state index is 12.5. The van der Waals surface area contributed by atoms with Gasteiger partial charge in [-0.3, -0.25) is 4.31 Å². The summed E-state index contributed by atoms with van der Waals surface area (Å²) in [7, 11) is 8.00. The van der Waals surface area contributed by atoms with Gasteiger partial charge in [0, 0.05) is 41.7 Å². The second-order valence-electron chi connectivity index (χ2n) is 11.1. The lowest BCUT2D eigenvalue weighted by atomic mass is 10.1. The van der Waals surface area contributed by atoms with Crippen LogP contribution in [-0.4, -0.2) is 62.2 Å². The van der Waals surface area contributed by atoms with Crippen LogP contribution in [0.4, 0.5) is 22.1 Å². The van der Waals surface area contributed by atoms with E-state index in [0.717, 1.165) is 15.1 Å². The molecule has 0 radical (unpaired) electrons. The molecule has 0 aliphatic heterocycles. The fourth-order valence-corrected chi connectivity index (χ4v) is 5.80. The first-order chi connectivity index (χ1) is 22.6. The second kappa shape index (κ2) is 14.0. The minimum Gasteiger partial charge on any atom is -0.497 e. The summed E-state index contributed by atoms with van der Waals surface area (Å²) in [5, 5.41) is 12.6. The van der Waals surface area contributed by atoms with Crippen LogP contribution in [0.25, 0.3) is 11.0 Å². The number of nitrogens with zero attached hydrogens (tertiary/aromatic N) is 4. The van der Waals surface area contributed by atoms with E-state index in [1.807, 2.05) is 40.7 Å². The van der Waals surface area contributed by atoms with Crippen LogP contribution >= 0.6 is 11.9 Å². The van der Waals surface area contributed by atoms with Gasteiger partial charge in [-0.1, -0.05) is 11.2 Å². The summed E-state index contributed by atoms with van der Waals surface area (Å²) in [6.45, 7) is 5.72. The lowest BCUT2D eigenvalue weighted by Gasteiger charge is -2.24. The van der Waals surface area contributed by atoms with Crippen LogP contribution < -0.4 is 33.3 Å². The Balaban J connectivity index is 1.54. The summed E-state index contributed by atoms with van der Waals surface area (Å²) >= 11 is 1.37. The van der Waals surface area contributed by atoms with E-state index < -0.39 is 11.7 Å².